The molecule has 21 heavy (non-hydrogen) atoms. The van der Waals surface area contributed by atoms with Gasteiger partial charge >= 0.3 is 0 Å². The molecule has 1 aromatic heterocycles. The number of hydrogen-bond acceptors (Lipinski definition) is 3. The second kappa shape index (κ2) is 6.05. The molecule has 1 aliphatic rings. The molecule has 0 atom stereocenters. The van der Waals surface area contributed by atoms with Crippen molar-refractivity contribution in [1.82, 2.24) is 9.97 Å². The lowest BCUT2D eigenvalue weighted by atomic mass is 10.1. The lowest BCUT2D eigenvalue weighted by Gasteiger charge is -2.08. The van der Waals surface area contributed by atoms with Gasteiger partial charge in [-0.15, -0.1) is 0 Å². The van der Waals surface area contributed by atoms with Gasteiger partial charge in [0.25, 0.3) is 0 Å². The first-order valence-corrected chi connectivity index (χ1v) is 7.63. The highest BCUT2D eigenvalue weighted by Crippen LogP contribution is 2.38. The number of halogens is 3. The fourth-order valence-corrected chi connectivity index (χ4v) is 2.54. The van der Waals surface area contributed by atoms with Crippen LogP contribution in [0.5, 0.6) is 0 Å². The molecule has 0 spiro atoms. The summed E-state index contributed by atoms with van der Waals surface area (Å²) in [4.78, 5) is 8.81. The molecule has 0 aliphatic heterocycles. The zero-order chi connectivity index (χ0) is 14.8. The Kier molecular flexibility index (Phi) is 4.14. The van der Waals surface area contributed by atoms with Crippen LogP contribution >= 0.6 is 15.9 Å². The number of nitrogens with one attached hydrogen (secondary N) is 1. The van der Waals surface area contributed by atoms with Crippen LogP contribution in [0.4, 0.5) is 14.6 Å². The van der Waals surface area contributed by atoms with Gasteiger partial charge in [-0.1, -0.05) is 0 Å². The van der Waals surface area contributed by atoms with E-state index in [0.717, 1.165) is 35.2 Å². The zero-order valence-corrected chi connectivity index (χ0v) is 12.8. The monoisotopic (exact) mass is 353 g/mol. The molecular weight excluding hydrogens is 340 g/mol. The van der Waals surface area contributed by atoms with E-state index in [0.29, 0.717) is 24.4 Å². The summed E-state index contributed by atoms with van der Waals surface area (Å²) in [6.07, 6.45) is 2.80. The van der Waals surface area contributed by atoms with Crippen LogP contribution in [-0.2, 0) is 6.42 Å². The summed E-state index contributed by atoms with van der Waals surface area (Å²) in [5.41, 5.74) is 0.621. The molecule has 1 saturated carbocycles. The van der Waals surface area contributed by atoms with Crippen molar-refractivity contribution < 1.29 is 8.78 Å². The Bertz CT molecular complexity index is 639. The van der Waals surface area contributed by atoms with Gasteiger partial charge in [-0.25, -0.2) is 18.7 Å². The van der Waals surface area contributed by atoms with Gasteiger partial charge in [0, 0.05) is 24.6 Å². The molecule has 3 rings (SSSR count). The molecule has 0 bridgehead atoms. The minimum Gasteiger partial charge on any atom is -0.370 e. The van der Waals surface area contributed by atoms with Gasteiger partial charge in [-0.3, -0.25) is 0 Å². The van der Waals surface area contributed by atoms with Crippen molar-refractivity contribution in [3.63, 3.8) is 0 Å². The standard InChI is InChI=1S/C15H14BrF2N3/c16-13-8-14(21-15(20-13)10-1-2-10)19-4-3-9-5-11(17)7-12(18)6-9/h5-8,10H,1-4H2,(H,19,20,21). The average Bonchev–Trinajstić information content (AvgIpc) is 3.21. The molecule has 6 heteroatoms. The SMILES string of the molecule is Fc1cc(F)cc(CCNc2cc(Br)nc(C3CC3)n2)c1. The summed E-state index contributed by atoms with van der Waals surface area (Å²) in [6, 6.07) is 5.37. The normalized spacial score (nSPS) is 14.2. The molecule has 0 unspecified atom stereocenters. The van der Waals surface area contributed by atoms with Crippen molar-refractivity contribution in [1.29, 1.82) is 0 Å². The van der Waals surface area contributed by atoms with Crippen molar-refractivity contribution in [2.45, 2.75) is 25.2 Å². The highest BCUT2D eigenvalue weighted by molar-refractivity contribution is 9.10. The summed E-state index contributed by atoms with van der Waals surface area (Å²) in [5.74, 6) is 0.955. The lowest BCUT2D eigenvalue weighted by Crippen LogP contribution is -2.08. The minimum atomic E-state index is -0.550. The molecule has 1 fully saturated rings. The van der Waals surface area contributed by atoms with E-state index in [1.807, 2.05) is 0 Å². The van der Waals surface area contributed by atoms with Gasteiger partial charge in [-0.2, -0.15) is 0 Å². The summed E-state index contributed by atoms with van der Waals surface area (Å²) >= 11 is 3.37. The second-order valence-electron chi connectivity index (χ2n) is 5.16. The van der Waals surface area contributed by atoms with E-state index in [2.05, 4.69) is 31.2 Å². The van der Waals surface area contributed by atoms with E-state index in [1.54, 1.807) is 6.07 Å². The maximum absolute atomic E-state index is 13.1. The molecule has 1 heterocycles. The number of benzene rings is 1. The molecule has 110 valence electrons. The van der Waals surface area contributed by atoms with Crippen molar-refractivity contribution in [2.75, 3.05) is 11.9 Å². The Morgan fingerprint density at radius 1 is 1.10 bits per heavy atom. The third-order valence-corrected chi connectivity index (χ3v) is 3.70. The molecular formula is C15H14BrF2N3. The first-order valence-electron chi connectivity index (χ1n) is 6.83. The quantitative estimate of drug-likeness (QED) is 0.824. The third-order valence-electron chi connectivity index (χ3n) is 3.30. The first-order chi connectivity index (χ1) is 10.1. The van der Waals surface area contributed by atoms with Crippen molar-refractivity contribution >= 4 is 21.7 Å². The van der Waals surface area contributed by atoms with Gasteiger partial charge in [0.15, 0.2) is 0 Å². The molecule has 0 radical (unpaired) electrons. The van der Waals surface area contributed by atoms with Crippen molar-refractivity contribution in [3.05, 3.63) is 51.9 Å². The largest absolute Gasteiger partial charge is 0.370 e. The Morgan fingerprint density at radius 3 is 2.48 bits per heavy atom. The van der Waals surface area contributed by atoms with Crippen LogP contribution in [-0.4, -0.2) is 16.5 Å². The summed E-state index contributed by atoms with van der Waals surface area (Å²) in [6.45, 7) is 0.552. The zero-order valence-electron chi connectivity index (χ0n) is 11.2. The number of aromatic nitrogens is 2. The molecule has 0 amide bonds. The lowest BCUT2D eigenvalue weighted by molar-refractivity contribution is 0.580. The van der Waals surface area contributed by atoms with Crippen LogP contribution in [0.15, 0.2) is 28.9 Å². The van der Waals surface area contributed by atoms with Gasteiger partial charge in [0.05, 0.1) is 0 Å². The van der Waals surface area contributed by atoms with Crippen molar-refractivity contribution in [2.24, 2.45) is 0 Å². The van der Waals surface area contributed by atoms with Gasteiger partial charge in [0.2, 0.25) is 0 Å². The van der Waals surface area contributed by atoms with Crippen LogP contribution < -0.4 is 5.32 Å². The fourth-order valence-electron chi connectivity index (χ4n) is 2.14. The van der Waals surface area contributed by atoms with E-state index >= 15 is 0 Å². The smallest absolute Gasteiger partial charge is 0.135 e. The van der Waals surface area contributed by atoms with E-state index < -0.39 is 11.6 Å². The van der Waals surface area contributed by atoms with Crippen LogP contribution in [0.25, 0.3) is 0 Å². The predicted octanol–water partition coefficient (Wildman–Crippen LogP) is 4.05. The number of hydrogen-bond donors (Lipinski definition) is 1. The molecule has 1 aromatic carbocycles. The Balaban J connectivity index is 1.62. The fraction of sp³-hybridized carbons (Fsp3) is 0.333. The third kappa shape index (κ3) is 3.97. The second-order valence-corrected chi connectivity index (χ2v) is 5.98. The van der Waals surface area contributed by atoms with E-state index in [4.69, 9.17) is 0 Å². The van der Waals surface area contributed by atoms with Crippen LogP contribution in [0.3, 0.4) is 0 Å². The summed E-state index contributed by atoms with van der Waals surface area (Å²) in [7, 11) is 0. The van der Waals surface area contributed by atoms with Crippen LogP contribution in [0, 0.1) is 11.6 Å². The Hall–Kier alpha value is -1.56. The molecule has 0 saturated heterocycles. The highest BCUT2D eigenvalue weighted by Gasteiger charge is 2.27. The molecule has 3 nitrogen and oxygen atoms in total. The maximum atomic E-state index is 13.1. The molecule has 1 N–H and O–H groups in total. The average molecular weight is 354 g/mol. The highest BCUT2D eigenvalue weighted by atomic mass is 79.9. The Labute approximate surface area is 129 Å². The number of anilines is 1. The maximum Gasteiger partial charge on any atom is 0.135 e. The summed E-state index contributed by atoms with van der Waals surface area (Å²) in [5, 5.41) is 3.17. The number of rotatable bonds is 5. The van der Waals surface area contributed by atoms with Crippen molar-refractivity contribution in [3.8, 4) is 0 Å². The van der Waals surface area contributed by atoms with Gasteiger partial charge in [0.1, 0.15) is 27.9 Å². The number of nitrogens with zero attached hydrogens (tertiary/aromatic N) is 2. The van der Waals surface area contributed by atoms with Crippen LogP contribution in [0.2, 0.25) is 0 Å². The van der Waals surface area contributed by atoms with Crippen LogP contribution in [0.1, 0.15) is 30.1 Å². The predicted molar refractivity (Wildman–Crippen MR) is 80.3 cm³/mol. The summed E-state index contributed by atoms with van der Waals surface area (Å²) < 4.78 is 26.9. The molecule has 2 aromatic rings. The topological polar surface area (TPSA) is 37.8 Å². The Morgan fingerprint density at radius 2 is 1.81 bits per heavy atom. The minimum absolute atomic E-state index is 0.473. The van der Waals surface area contributed by atoms with E-state index in [-0.39, 0.29) is 0 Å². The van der Waals surface area contributed by atoms with E-state index in [1.165, 1.54) is 12.1 Å². The van der Waals surface area contributed by atoms with Gasteiger partial charge < -0.3 is 5.32 Å². The molecule has 1 aliphatic carbocycles. The first kappa shape index (κ1) is 14.4. The van der Waals surface area contributed by atoms with Gasteiger partial charge in [-0.05, 0) is 52.9 Å². The van der Waals surface area contributed by atoms with E-state index in [9.17, 15) is 8.78 Å².